The number of carbonyl (C=O) groups excluding carboxylic acids is 1. The van der Waals surface area contributed by atoms with E-state index in [1.165, 1.54) is 5.56 Å². The van der Waals surface area contributed by atoms with Gasteiger partial charge in [-0.1, -0.05) is 37.2 Å². The van der Waals surface area contributed by atoms with Crippen LogP contribution in [0.4, 0.5) is 0 Å². The first-order chi connectivity index (χ1) is 14.1. The second-order valence-corrected chi connectivity index (χ2v) is 8.12. The molecule has 0 radical (unpaired) electrons. The highest BCUT2D eigenvalue weighted by atomic mass is 16.6. The first kappa shape index (κ1) is 19.6. The molecular formula is C22H29N5O2. The number of rotatable bonds is 5. The van der Waals surface area contributed by atoms with Gasteiger partial charge in [-0.3, -0.25) is 9.69 Å². The third-order valence-corrected chi connectivity index (χ3v) is 5.60. The molecule has 0 saturated carbocycles. The van der Waals surface area contributed by atoms with E-state index in [0.29, 0.717) is 12.3 Å². The van der Waals surface area contributed by atoms with Crippen LogP contribution in [0.25, 0.3) is 5.69 Å². The lowest BCUT2D eigenvalue weighted by molar-refractivity contribution is -0.141. The van der Waals surface area contributed by atoms with Crippen LogP contribution in [0.1, 0.15) is 32.3 Å². The standard InChI is InChI=1S/C22H29N5O2/c1-17(2)20-13-21(29-24-20)22(28)26-10-6-9-25(11-12-26)15-18-14-23-27(16-18)19-7-4-3-5-8-19/h3-5,7-8,14,16-17,21H,6,9-13,15H2,1-2H3. The number of nitrogens with zero attached hydrogens (tertiary/aromatic N) is 5. The SMILES string of the molecule is CC(C)C1=NOC(C(=O)N2CCCN(Cc3cnn(-c4ccccc4)c3)CC2)C1. The number of oxime groups is 1. The summed E-state index contributed by atoms with van der Waals surface area (Å²) in [5.74, 6) is 0.396. The molecule has 0 aliphatic carbocycles. The zero-order valence-electron chi connectivity index (χ0n) is 17.2. The Balaban J connectivity index is 1.30. The fourth-order valence-electron chi connectivity index (χ4n) is 3.84. The molecule has 1 fully saturated rings. The number of hydrogen-bond donors (Lipinski definition) is 0. The third-order valence-electron chi connectivity index (χ3n) is 5.60. The summed E-state index contributed by atoms with van der Waals surface area (Å²) in [5, 5.41) is 8.59. The molecule has 2 aliphatic rings. The molecule has 1 aromatic heterocycles. The van der Waals surface area contributed by atoms with E-state index in [2.05, 4.69) is 35.2 Å². The summed E-state index contributed by atoms with van der Waals surface area (Å²) >= 11 is 0. The summed E-state index contributed by atoms with van der Waals surface area (Å²) in [4.78, 5) is 22.6. The van der Waals surface area contributed by atoms with E-state index in [1.54, 1.807) is 0 Å². The molecule has 0 bridgehead atoms. The van der Waals surface area contributed by atoms with Gasteiger partial charge in [-0.2, -0.15) is 5.10 Å². The highest BCUT2D eigenvalue weighted by Crippen LogP contribution is 2.19. The summed E-state index contributed by atoms with van der Waals surface area (Å²) in [6.45, 7) is 8.33. The van der Waals surface area contributed by atoms with Gasteiger partial charge in [0.15, 0.2) is 0 Å². The van der Waals surface area contributed by atoms with Gasteiger partial charge in [-0.05, 0) is 24.5 Å². The van der Waals surface area contributed by atoms with Crippen LogP contribution >= 0.6 is 0 Å². The van der Waals surface area contributed by atoms with E-state index in [0.717, 1.165) is 50.5 Å². The number of hydrogen-bond acceptors (Lipinski definition) is 5. The fourth-order valence-corrected chi connectivity index (χ4v) is 3.84. The van der Waals surface area contributed by atoms with Gasteiger partial charge in [0.2, 0.25) is 6.10 Å². The molecule has 7 heteroatoms. The summed E-state index contributed by atoms with van der Waals surface area (Å²) < 4.78 is 1.91. The first-order valence-electron chi connectivity index (χ1n) is 10.4. The summed E-state index contributed by atoms with van der Waals surface area (Å²) in [5.41, 5.74) is 3.23. The van der Waals surface area contributed by atoms with Crippen LogP contribution in [0.3, 0.4) is 0 Å². The number of aromatic nitrogens is 2. The van der Waals surface area contributed by atoms with Gasteiger partial charge in [0.1, 0.15) is 0 Å². The zero-order valence-corrected chi connectivity index (χ0v) is 17.2. The van der Waals surface area contributed by atoms with E-state index in [4.69, 9.17) is 4.84 Å². The van der Waals surface area contributed by atoms with Crippen LogP contribution in [-0.4, -0.2) is 63.5 Å². The molecule has 1 amide bonds. The van der Waals surface area contributed by atoms with Crippen molar-refractivity contribution >= 4 is 11.6 Å². The number of carbonyl (C=O) groups is 1. The zero-order chi connectivity index (χ0) is 20.2. The normalized spacial score (nSPS) is 20.4. The maximum Gasteiger partial charge on any atom is 0.266 e. The molecule has 4 rings (SSSR count). The summed E-state index contributed by atoms with van der Waals surface area (Å²) in [6, 6.07) is 10.1. The molecule has 7 nitrogen and oxygen atoms in total. The van der Waals surface area contributed by atoms with Crippen LogP contribution in [0.2, 0.25) is 0 Å². The molecule has 2 aliphatic heterocycles. The molecule has 1 saturated heterocycles. The average Bonchev–Trinajstić information content (AvgIpc) is 3.35. The van der Waals surface area contributed by atoms with Crippen LogP contribution < -0.4 is 0 Å². The maximum atomic E-state index is 12.8. The second-order valence-electron chi connectivity index (χ2n) is 8.12. The lowest BCUT2D eigenvalue weighted by Crippen LogP contribution is -2.41. The molecule has 154 valence electrons. The van der Waals surface area contributed by atoms with Gasteiger partial charge < -0.3 is 9.74 Å². The Morgan fingerprint density at radius 2 is 2.00 bits per heavy atom. The van der Waals surface area contributed by atoms with Crippen molar-refractivity contribution in [3.8, 4) is 5.69 Å². The Bertz CT molecular complexity index is 861. The smallest absolute Gasteiger partial charge is 0.266 e. The topological polar surface area (TPSA) is 63.0 Å². The van der Waals surface area contributed by atoms with Gasteiger partial charge in [0.25, 0.3) is 5.91 Å². The molecule has 29 heavy (non-hydrogen) atoms. The van der Waals surface area contributed by atoms with E-state index in [1.807, 2.05) is 46.1 Å². The lowest BCUT2D eigenvalue weighted by atomic mass is 10.0. The summed E-state index contributed by atoms with van der Waals surface area (Å²) in [6.07, 6.45) is 5.15. The van der Waals surface area contributed by atoms with E-state index in [9.17, 15) is 4.79 Å². The van der Waals surface area contributed by atoms with Crippen molar-refractivity contribution < 1.29 is 9.63 Å². The minimum absolute atomic E-state index is 0.0724. The van der Waals surface area contributed by atoms with Gasteiger partial charge in [0.05, 0.1) is 17.6 Å². The number of benzene rings is 1. The molecule has 1 unspecified atom stereocenters. The maximum absolute atomic E-state index is 12.8. The van der Waals surface area contributed by atoms with Crippen molar-refractivity contribution in [1.29, 1.82) is 0 Å². The summed E-state index contributed by atoms with van der Waals surface area (Å²) in [7, 11) is 0. The molecule has 0 spiro atoms. The molecule has 1 aromatic carbocycles. The Morgan fingerprint density at radius 1 is 1.17 bits per heavy atom. The Kier molecular flexibility index (Phi) is 5.94. The highest BCUT2D eigenvalue weighted by molar-refractivity contribution is 5.93. The van der Waals surface area contributed by atoms with Crippen molar-refractivity contribution in [1.82, 2.24) is 19.6 Å². The Morgan fingerprint density at radius 3 is 2.76 bits per heavy atom. The van der Waals surface area contributed by atoms with Crippen molar-refractivity contribution in [2.45, 2.75) is 39.3 Å². The van der Waals surface area contributed by atoms with Crippen LogP contribution in [0.5, 0.6) is 0 Å². The van der Waals surface area contributed by atoms with Gasteiger partial charge in [-0.15, -0.1) is 0 Å². The van der Waals surface area contributed by atoms with Crippen molar-refractivity contribution in [2.75, 3.05) is 26.2 Å². The second kappa shape index (κ2) is 8.78. The minimum atomic E-state index is -0.442. The van der Waals surface area contributed by atoms with Crippen LogP contribution in [0.15, 0.2) is 47.9 Å². The molecule has 3 heterocycles. The Hall–Kier alpha value is -2.67. The van der Waals surface area contributed by atoms with Crippen molar-refractivity contribution in [3.05, 3.63) is 48.3 Å². The predicted molar refractivity (Wildman–Crippen MR) is 112 cm³/mol. The molecule has 1 atom stereocenters. The predicted octanol–water partition coefficient (Wildman–Crippen LogP) is 2.71. The number of para-hydroxylation sites is 1. The van der Waals surface area contributed by atoms with Crippen molar-refractivity contribution in [3.63, 3.8) is 0 Å². The van der Waals surface area contributed by atoms with E-state index < -0.39 is 6.10 Å². The van der Waals surface area contributed by atoms with E-state index in [-0.39, 0.29) is 5.91 Å². The first-order valence-corrected chi connectivity index (χ1v) is 10.4. The van der Waals surface area contributed by atoms with Gasteiger partial charge in [-0.25, -0.2) is 4.68 Å². The Labute approximate surface area is 171 Å². The highest BCUT2D eigenvalue weighted by Gasteiger charge is 2.33. The molecule has 0 N–H and O–H groups in total. The quantitative estimate of drug-likeness (QED) is 0.781. The number of amides is 1. The minimum Gasteiger partial charge on any atom is -0.382 e. The van der Waals surface area contributed by atoms with Crippen molar-refractivity contribution in [2.24, 2.45) is 11.1 Å². The van der Waals surface area contributed by atoms with E-state index >= 15 is 0 Å². The molecular weight excluding hydrogens is 366 g/mol. The third kappa shape index (κ3) is 4.67. The molecule has 2 aromatic rings. The fraction of sp³-hybridized carbons (Fsp3) is 0.500. The van der Waals surface area contributed by atoms with Gasteiger partial charge >= 0.3 is 0 Å². The van der Waals surface area contributed by atoms with Crippen LogP contribution in [0, 0.1) is 5.92 Å². The average molecular weight is 396 g/mol. The lowest BCUT2D eigenvalue weighted by Gasteiger charge is -2.23. The monoisotopic (exact) mass is 395 g/mol. The van der Waals surface area contributed by atoms with Gasteiger partial charge in [0, 0.05) is 50.9 Å². The van der Waals surface area contributed by atoms with Crippen LogP contribution in [-0.2, 0) is 16.2 Å². The largest absolute Gasteiger partial charge is 0.382 e.